The number of hydrogen-bond donors (Lipinski definition) is 0. The Morgan fingerprint density at radius 1 is 0.589 bits per heavy atom. The maximum Gasteiger partial charge on any atom is 0.238 e. The monoisotopic (exact) mass is 1360 g/mol. The van der Waals surface area contributed by atoms with E-state index in [0.717, 1.165) is 52.7 Å². The first-order chi connectivity index (χ1) is 26.4. The number of carbonyl (C=O) groups excluding carboxylic acids is 2. The summed E-state index contributed by atoms with van der Waals surface area (Å²) in [6, 6.07) is 40.6. The number of nitrogens with zero attached hydrogens (tertiary/aromatic N) is 9. The van der Waals surface area contributed by atoms with Crippen molar-refractivity contribution >= 4 is 126 Å². The summed E-state index contributed by atoms with van der Waals surface area (Å²) in [4.78, 5) is 47.0. The van der Waals surface area contributed by atoms with E-state index in [1.807, 2.05) is 118 Å². The van der Waals surface area contributed by atoms with Gasteiger partial charge in [-0.1, -0.05) is 62.6 Å². The molecule has 9 rings (SSSR count). The van der Waals surface area contributed by atoms with Gasteiger partial charge in [0.15, 0.2) is 0 Å². The minimum Gasteiger partial charge on any atom is -0.477 e. The summed E-state index contributed by atoms with van der Waals surface area (Å²) < 4.78 is 2.29. The molecule has 0 unspecified atom stereocenters. The quantitative estimate of drug-likeness (QED) is 0.0558. The Bertz CT molecular complexity index is 2090. The summed E-state index contributed by atoms with van der Waals surface area (Å²) in [6.45, 7) is 3.99. The number of anilines is 8. The van der Waals surface area contributed by atoms with E-state index in [0.29, 0.717) is 12.8 Å². The molecule has 0 atom stereocenters. The van der Waals surface area contributed by atoms with Crippen molar-refractivity contribution in [2.75, 3.05) is 24.9 Å². The van der Waals surface area contributed by atoms with Crippen molar-refractivity contribution in [1.29, 1.82) is 0 Å². The van der Waals surface area contributed by atoms with Gasteiger partial charge in [0.2, 0.25) is 11.8 Å². The standard InChI is InChI=1S/C17H11IN4.C17H12N4.C4H4INO2.CH2Cl2.2Ir/c18-13-5-4-8-15(11-13)22-12-21(14-6-2-1-3-7-14)16-17(22)20-10-9-19-16;1-3-7-14(8-4-1)20-13-21(15-9-5-2-6-10-15)17-16(20)18-11-12-19-17;5-6-3(7)1-2-4(6)8;2-1-3;;/h1-7,9-12H;1-9,11-13H;1-2H2;1H2;;/q2*-2;;;;. The smallest absolute Gasteiger partial charge is 0.238 e. The van der Waals surface area contributed by atoms with Crippen LogP contribution in [0, 0.1) is 29.0 Å². The maximum absolute atomic E-state index is 10.5. The number of aromatic nitrogens is 4. The SMILES string of the molecule is ClCCl.Ic1cc[c-]c(N2[CH-]N(c3ccccc3)c3nccnc32)c1.O=C1CCC(=O)N1I.[Ir].[Ir].[c-]1ccccc1N1[CH-]N(c2ccccc2)c2nccnc21. The van der Waals surface area contributed by atoms with Crippen molar-refractivity contribution in [2.45, 2.75) is 12.8 Å². The minimum absolute atomic E-state index is 0. The van der Waals surface area contributed by atoms with Gasteiger partial charge in [0.05, 0.1) is 28.2 Å². The third kappa shape index (κ3) is 11.2. The van der Waals surface area contributed by atoms with Crippen molar-refractivity contribution in [1.82, 2.24) is 23.0 Å². The van der Waals surface area contributed by atoms with Crippen LogP contribution in [0.2, 0.25) is 0 Å². The Morgan fingerprint density at radius 3 is 1.39 bits per heavy atom. The zero-order valence-corrected chi connectivity index (χ0v) is 39.5. The van der Waals surface area contributed by atoms with E-state index in [1.54, 1.807) is 47.7 Å². The Labute approximate surface area is 390 Å². The number of rotatable bonds is 4. The molecule has 2 amide bonds. The molecule has 292 valence electrons. The van der Waals surface area contributed by atoms with Crippen LogP contribution in [0.1, 0.15) is 12.8 Å². The first-order valence-corrected chi connectivity index (χ1v) is 19.4. The second-order valence-corrected chi connectivity index (χ2v) is 14.1. The van der Waals surface area contributed by atoms with Crippen molar-refractivity contribution in [3.63, 3.8) is 0 Å². The van der Waals surface area contributed by atoms with E-state index >= 15 is 0 Å². The molecule has 0 N–H and O–H groups in total. The molecule has 3 aliphatic heterocycles. The number of para-hydroxylation sites is 3. The predicted octanol–water partition coefficient (Wildman–Crippen LogP) is 9.88. The summed E-state index contributed by atoms with van der Waals surface area (Å²) in [5.41, 5.74) is 4.00. The summed E-state index contributed by atoms with van der Waals surface area (Å²) in [5.74, 6) is 3.11. The van der Waals surface area contributed by atoms with E-state index in [1.165, 1.54) is 0 Å². The number of halogens is 4. The minimum atomic E-state index is -0.0735. The van der Waals surface area contributed by atoms with E-state index < -0.39 is 0 Å². The summed E-state index contributed by atoms with van der Waals surface area (Å²) in [7, 11) is 0. The fraction of sp³-hybridized carbons (Fsp3) is 0.0769. The number of benzene rings is 4. The molecule has 1 fully saturated rings. The third-order valence-corrected chi connectivity index (χ3v) is 9.46. The molecule has 0 aliphatic carbocycles. The number of alkyl halides is 2. The van der Waals surface area contributed by atoms with Crippen LogP contribution in [0.25, 0.3) is 0 Å². The van der Waals surface area contributed by atoms with Crippen LogP contribution < -0.4 is 19.6 Å². The van der Waals surface area contributed by atoms with Gasteiger partial charge in [0, 0.05) is 89.2 Å². The Hall–Kier alpha value is -3.28. The van der Waals surface area contributed by atoms with Gasteiger partial charge in [-0.05, 0) is 24.3 Å². The molecule has 11 nitrogen and oxygen atoms in total. The molecule has 2 aromatic heterocycles. The molecule has 0 saturated carbocycles. The fourth-order valence-electron chi connectivity index (χ4n) is 5.33. The normalized spacial score (nSPS) is 13.5. The van der Waals surface area contributed by atoms with Crippen LogP contribution in [-0.4, -0.2) is 40.2 Å². The van der Waals surface area contributed by atoms with Gasteiger partial charge in [-0.2, -0.15) is 48.5 Å². The van der Waals surface area contributed by atoms with Crippen LogP contribution in [-0.2, 0) is 49.8 Å². The summed E-state index contributed by atoms with van der Waals surface area (Å²) >= 11 is 13.5. The van der Waals surface area contributed by atoms with Crippen LogP contribution >= 0.6 is 68.7 Å². The number of imide groups is 1. The van der Waals surface area contributed by atoms with Gasteiger partial charge in [0.1, 0.15) is 23.3 Å². The van der Waals surface area contributed by atoms with Gasteiger partial charge >= 0.3 is 0 Å². The second kappa shape index (κ2) is 22.6. The molecular formula is C39H29Cl2I2Ir2N9O2-4. The Balaban J connectivity index is 0.000000192. The van der Waals surface area contributed by atoms with Gasteiger partial charge in [-0.15, -0.1) is 54.0 Å². The van der Waals surface area contributed by atoms with Crippen LogP contribution in [0.15, 0.2) is 128 Å². The van der Waals surface area contributed by atoms with Crippen LogP contribution in [0.5, 0.6) is 0 Å². The van der Waals surface area contributed by atoms with Gasteiger partial charge in [-0.25, -0.2) is 23.0 Å². The van der Waals surface area contributed by atoms with Gasteiger partial charge in [0.25, 0.3) is 0 Å². The van der Waals surface area contributed by atoms with Crippen LogP contribution in [0.4, 0.5) is 46.0 Å². The molecule has 56 heavy (non-hydrogen) atoms. The molecule has 5 heterocycles. The largest absolute Gasteiger partial charge is 0.477 e. The Morgan fingerprint density at radius 2 is 1.00 bits per heavy atom. The molecule has 1 saturated heterocycles. The number of hydrogen-bond acceptors (Lipinski definition) is 10. The van der Waals surface area contributed by atoms with E-state index in [-0.39, 0.29) is 57.4 Å². The molecule has 6 aromatic rings. The molecule has 17 heteroatoms. The first kappa shape index (κ1) is 45.4. The first-order valence-electron chi connectivity index (χ1n) is 16.3. The number of carbonyl (C=O) groups is 2. The molecule has 3 aliphatic rings. The van der Waals surface area contributed by atoms with E-state index in [9.17, 15) is 9.59 Å². The zero-order valence-electron chi connectivity index (χ0n) is 28.9. The topological polar surface area (TPSA) is 102 Å². The van der Waals surface area contributed by atoms with E-state index in [4.69, 9.17) is 23.2 Å². The van der Waals surface area contributed by atoms with Crippen LogP contribution in [0.3, 0.4) is 0 Å². The fourth-order valence-corrected chi connectivity index (χ4v) is 6.29. The van der Waals surface area contributed by atoms with E-state index in [2.05, 4.69) is 72.9 Å². The molecule has 4 aromatic carbocycles. The molecular weight excluding hydrogens is 1340 g/mol. The molecule has 2 radical (unpaired) electrons. The maximum atomic E-state index is 10.5. The average Bonchev–Trinajstić information content (AvgIpc) is 3.90. The second-order valence-electron chi connectivity index (χ2n) is 11.1. The van der Waals surface area contributed by atoms with Crippen molar-refractivity contribution in [3.8, 4) is 0 Å². The number of amides is 2. The average molecular weight is 1360 g/mol. The van der Waals surface area contributed by atoms with Gasteiger partial charge in [-0.3, -0.25) is 9.59 Å². The van der Waals surface area contributed by atoms with Crippen molar-refractivity contribution < 1.29 is 49.8 Å². The Kier molecular flexibility index (Phi) is 18.3. The third-order valence-electron chi connectivity index (χ3n) is 7.71. The van der Waals surface area contributed by atoms with Crippen molar-refractivity contribution in [2.24, 2.45) is 0 Å². The number of fused-ring (bicyclic) bond motifs is 2. The summed E-state index contributed by atoms with van der Waals surface area (Å²) in [6.07, 6.45) is 7.62. The predicted molar refractivity (Wildman–Crippen MR) is 229 cm³/mol. The van der Waals surface area contributed by atoms with Gasteiger partial charge < -0.3 is 19.6 Å². The molecule has 0 spiro atoms. The molecule has 0 bridgehead atoms. The van der Waals surface area contributed by atoms with Crippen molar-refractivity contribution in [3.05, 3.63) is 157 Å². The zero-order chi connectivity index (χ0) is 37.9. The summed E-state index contributed by atoms with van der Waals surface area (Å²) in [5, 5.41) is 0.194.